The van der Waals surface area contributed by atoms with Crippen LogP contribution in [0, 0.1) is 5.41 Å². The zero-order valence-electron chi connectivity index (χ0n) is 22.1. The molecule has 1 amide bonds. The molecule has 2 aromatic rings. The second-order valence-electron chi connectivity index (χ2n) is 9.74. The third-order valence-electron chi connectivity index (χ3n) is 6.11. The van der Waals surface area contributed by atoms with E-state index in [1.165, 1.54) is 14.2 Å². The predicted molar refractivity (Wildman–Crippen MR) is 140 cm³/mol. The van der Waals surface area contributed by atoms with Gasteiger partial charge in [0.2, 0.25) is 0 Å². The van der Waals surface area contributed by atoms with Gasteiger partial charge >= 0.3 is 5.97 Å². The molecule has 10 heteroatoms. The summed E-state index contributed by atoms with van der Waals surface area (Å²) in [5, 5.41) is 23.3. The first-order chi connectivity index (χ1) is 17.4. The van der Waals surface area contributed by atoms with Gasteiger partial charge in [-0.05, 0) is 47.7 Å². The molecule has 1 aliphatic rings. The number of hydrogen-bond acceptors (Lipinski definition) is 7. The van der Waals surface area contributed by atoms with E-state index in [-0.39, 0.29) is 30.6 Å². The number of amides is 1. The Morgan fingerprint density at radius 1 is 1.14 bits per heavy atom. The molecule has 3 rings (SSSR count). The van der Waals surface area contributed by atoms with E-state index in [0.717, 1.165) is 11.1 Å². The van der Waals surface area contributed by atoms with E-state index in [4.69, 9.17) is 20.0 Å². The monoisotopic (exact) mass is 510 g/mol. The van der Waals surface area contributed by atoms with Gasteiger partial charge in [-0.1, -0.05) is 20.8 Å². The molecule has 0 bridgehead atoms. The molecule has 0 radical (unpaired) electrons. The van der Waals surface area contributed by atoms with Crippen molar-refractivity contribution in [3.63, 3.8) is 0 Å². The molecule has 0 fully saturated rings. The molecule has 1 heterocycles. The Hall–Kier alpha value is -4.08. The maximum Gasteiger partial charge on any atom is 0.322 e. The van der Waals surface area contributed by atoms with E-state index in [1.807, 2.05) is 27.7 Å². The van der Waals surface area contributed by atoms with Crippen LogP contribution in [0.2, 0.25) is 0 Å². The molecule has 4 N–H and O–H groups in total. The SMILES string of the molecule is CCOc1cc2c(cc1C(=O)NC)C(=N)N(CC(=O)c1cc(OC)c(NCC(=O)O)c(C(C)(C)C)c1)C2. The number of ketones is 1. The number of ether oxygens (including phenoxy) is 2. The number of Topliss-reactive ketones (excluding diaryl/α,β-unsaturated/α-hetero) is 1. The summed E-state index contributed by atoms with van der Waals surface area (Å²) in [6.45, 7) is 8.10. The number of amidine groups is 1. The number of carboxylic acid groups (broad SMARTS) is 1. The first kappa shape index (κ1) is 27.5. The molecule has 1 aliphatic heterocycles. The first-order valence-corrected chi connectivity index (χ1v) is 12.0. The molecule has 0 aromatic heterocycles. The summed E-state index contributed by atoms with van der Waals surface area (Å²) in [5.74, 6) is -0.589. The van der Waals surface area contributed by atoms with Crippen molar-refractivity contribution < 1.29 is 29.0 Å². The van der Waals surface area contributed by atoms with Crippen LogP contribution in [0.1, 0.15) is 65.1 Å². The summed E-state index contributed by atoms with van der Waals surface area (Å²) in [4.78, 5) is 38.6. The Labute approximate surface area is 216 Å². The second kappa shape index (κ2) is 10.9. The van der Waals surface area contributed by atoms with E-state index >= 15 is 0 Å². The van der Waals surface area contributed by atoms with E-state index in [2.05, 4.69) is 10.6 Å². The number of hydrogen-bond donors (Lipinski definition) is 4. The molecule has 2 aromatic carbocycles. The van der Waals surface area contributed by atoms with Crippen LogP contribution >= 0.6 is 0 Å². The van der Waals surface area contributed by atoms with Crippen molar-refractivity contribution in [1.29, 1.82) is 5.41 Å². The number of rotatable bonds is 10. The van der Waals surface area contributed by atoms with Crippen molar-refractivity contribution >= 4 is 29.2 Å². The second-order valence-corrected chi connectivity index (χ2v) is 9.74. The van der Waals surface area contributed by atoms with Crippen LogP contribution < -0.4 is 20.1 Å². The minimum atomic E-state index is -1.01. The lowest BCUT2D eigenvalue weighted by Gasteiger charge is -2.26. The number of aliphatic carboxylic acids is 1. The zero-order valence-corrected chi connectivity index (χ0v) is 22.1. The van der Waals surface area contributed by atoms with E-state index < -0.39 is 11.4 Å². The Kier molecular flexibility index (Phi) is 8.10. The average molecular weight is 511 g/mol. The van der Waals surface area contributed by atoms with E-state index in [1.54, 1.807) is 29.2 Å². The Morgan fingerprint density at radius 2 is 1.84 bits per heavy atom. The standard InChI is InChI=1S/C27H34N4O6/c1-7-37-21-10-16-13-31(25(28)17(16)11-18(21)26(35)29-5)14-20(32)15-8-19(27(2,3)4)24(22(9-15)36-6)30-12-23(33)34/h8-11,28,30H,7,12-14H2,1-6H3,(H,29,35)(H,33,34). The molecule has 0 unspecified atom stereocenters. The summed E-state index contributed by atoms with van der Waals surface area (Å²) in [5.41, 5.74) is 2.98. The number of nitrogens with one attached hydrogen (secondary N) is 3. The van der Waals surface area contributed by atoms with Gasteiger partial charge in [0.1, 0.15) is 23.9 Å². The highest BCUT2D eigenvalue weighted by atomic mass is 16.5. The van der Waals surface area contributed by atoms with Crippen molar-refractivity contribution in [2.45, 2.75) is 39.7 Å². The van der Waals surface area contributed by atoms with Gasteiger partial charge in [-0.2, -0.15) is 0 Å². The summed E-state index contributed by atoms with van der Waals surface area (Å²) >= 11 is 0. The Bertz CT molecular complexity index is 1250. The highest BCUT2D eigenvalue weighted by Gasteiger charge is 2.30. The number of carbonyl (C=O) groups excluding carboxylic acids is 2. The van der Waals surface area contributed by atoms with Crippen LogP contribution in [-0.2, 0) is 16.8 Å². The number of carboxylic acids is 1. The average Bonchev–Trinajstić information content (AvgIpc) is 3.14. The molecular weight excluding hydrogens is 476 g/mol. The van der Waals surface area contributed by atoms with Crippen molar-refractivity contribution in [1.82, 2.24) is 10.2 Å². The van der Waals surface area contributed by atoms with Crippen molar-refractivity contribution in [2.24, 2.45) is 0 Å². The lowest BCUT2D eigenvalue weighted by Crippen LogP contribution is -2.30. The van der Waals surface area contributed by atoms with Gasteiger partial charge in [0.25, 0.3) is 5.91 Å². The first-order valence-electron chi connectivity index (χ1n) is 12.0. The smallest absolute Gasteiger partial charge is 0.322 e. The third-order valence-corrected chi connectivity index (χ3v) is 6.11. The van der Waals surface area contributed by atoms with Gasteiger partial charge in [0, 0.05) is 24.7 Å². The van der Waals surface area contributed by atoms with Gasteiger partial charge in [-0.15, -0.1) is 0 Å². The molecule has 0 aliphatic carbocycles. The molecule has 198 valence electrons. The summed E-state index contributed by atoms with van der Waals surface area (Å²) in [6.07, 6.45) is 0. The quantitative estimate of drug-likeness (QED) is 0.357. The molecule has 37 heavy (non-hydrogen) atoms. The number of benzene rings is 2. The minimum Gasteiger partial charge on any atom is -0.495 e. The molecule has 0 saturated carbocycles. The van der Waals surface area contributed by atoms with E-state index in [9.17, 15) is 14.4 Å². The fraction of sp³-hybridized carbons (Fsp3) is 0.407. The Morgan fingerprint density at radius 3 is 2.41 bits per heavy atom. The summed E-state index contributed by atoms with van der Waals surface area (Å²) in [7, 11) is 3.00. The zero-order chi connectivity index (χ0) is 27.5. The lowest BCUT2D eigenvalue weighted by molar-refractivity contribution is -0.134. The normalized spacial score (nSPS) is 12.7. The summed E-state index contributed by atoms with van der Waals surface area (Å²) < 4.78 is 11.2. The minimum absolute atomic E-state index is 0.0541. The highest BCUT2D eigenvalue weighted by molar-refractivity contribution is 6.07. The van der Waals surface area contributed by atoms with Crippen LogP contribution in [0.5, 0.6) is 11.5 Å². The Balaban J connectivity index is 1.92. The van der Waals surface area contributed by atoms with Crippen LogP contribution in [0.15, 0.2) is 24.3 Å². The van der Waals surface area contributed by atoms with Gasteiger partial charge in [0.05, 0.1) is 31.5 Å². The largest absolute Gasteiger partial charge is 0.495 e. The third kappa shape index (κ3) is 5.84. The maximum atomic E-state index is 13.4. The molecule has 0 saturated heterocycles. The fourth-order valence-electron chi connectivity index (χ4n) is 4.29. The van der Waals surface area contributed by atoms with Gasteiger partial charge < -0.3 is 30.1 Å². The van der Waals surface area contributed by atoms with Gasteiger partial charge in [-0.25, -0.2) is 0 Å². The topological polar surface area (TPSA) is 141 Å². The van der Waals surface area contributed by atoms with Crippen LogP contribution in [0.25, 0.3) is 0 Å². The lowest BCUT2D eigenvalue weighted by atomic mass is 9.84. The predicted octanol–water partition coefficient (Wildman–Crippen LogP) is 3.27. The summed E-state index contributed by atoms with van der Waals surface area (Å²) in [6, 6.07) is 6.73. The van der Waals surface area contributed by atoms with Gasteiger partial charge in [-0.3, -0.25) is 19.8 Å². The van der Waals surface area contributed by atoms with Gasteiger partial charge in [0.15, 0.2) is 5.78 Å². The number of anilines is 1. The van der Waals surface area contributed by atoms with Crippen molar-refractivity contribution in [3.05, 3.63) is 52.1 Å². The number of fused-ring (bicyclic) bond motifs is 1. The highest BCUT2D eigenvalue weighted by Crippen LogP contribution is 2.38. The fourth-order valence-corrected chi connectivity index (χ4v) is 4.29. The van der Waals surface area contributed by atoms with Crippen molar-refractivity contribution in [3.8, 4) is 11.5 Å². The molecule has 0 atom stereocenters. The molecule has 10 nitrogen and oxygen atoms in total. The number of nitrogens with zero attached hydrogens (tertiary/aromatic N) is 1. The van der Waals surface area contributed by atoms with Crippen LogP contribution in [0.3, 0.4) is 0 Å². The van der Waals surface area contributed by atoms with Crippen LogP contribution in [-0.4, -0.2) is 67.4 Å². The maximum absolute atomic E-state index is 13.4. The number of methoxy groups -OCH3 is 1. The van der Waals surface area contributed by atoms with E-state index in [0.29, 0.717) is 47.0 Å². The van der Waals surface area contributed by atoms with Crippen LogP contribution in [0.4, 0.5) is 5.69 Å². The molecule has 0 spiro atoms. The number of carbonyl (C=O) groups is 3. The van der Waals surface area contributed by atoms with Crippen molar-refractivity contribution in [2.75, 3.05) is 39.2 Å². The molecular formula is C27H34N4O6.